The number of hydrazone groups is 1. The van der Waals surface area contributed by atoms with Crippen molar-refractivity contribution in [2.45, 2.75) is 13.8 Å². The van der Waals surface area contributed by atoms with E-state index in [9.17, 15) is 9.59 Å². The van der Waals surface area contributed by atoms with Crippen molar-refractivity contribution in [3.05, 3.63) is 42.6 Å². The van der Waals surface area contributed by atoms with Crippen LogP contribution >= 0.6 is 0 Å². The van der Waals surface area contributed by atoms with Gasteiger partial charge in [0.05, 0.1) is 18.1 Å². The SMILES string of the molecule is CCN(CC)N1N=CC(=Nc2ccccc2)C1=O.O=C1C=CN=N1. The van der Waals surface area contributed by atoms with Crippen molar-refractivity contribution in [2.24, 2.45) is 20.3 Å². The highest BCUT2D eigenvalue weighted by atomic mass is 16.2. The molecule has 8 nitrogen and oxygen atoms in total. The van der Waals surface area contributed by atoms with E-state index in [1.807, 2.05) is 49.2 Å². The van der Waals surface area contributed by atoms with Crippen molar-refractivity contribution < 1.29 is 9.59 Å². The highest BCUT2D eigenvalue weighted by molar-refractivity contribution is 6.62. The average Bonchev–Trinajstić information content (AvgIpc) is 3.21. The molecule has 0 saturated carbocycles. The quantitative estimate of drug-likeness (QED) is 0.850. The lowest BCUT2D eigenvalue weighted by Crippen LogP contribution is -2.42. The van der Waals surface area contributed by atoms with Crippen LogP contribution in [0.5, 0.6) is 0 Å². The number of aliphatic imine (C=N–C) groups is 1. The zero-order valence-electron chi connectivity index (χ0n) is 13.5. The molecule has 1 aromatic rings. The van der Waals surface area contributed by atoms with Crippen LogP contribution in [-0.2, 0) is 9.59 Å². The summed E-state index contributed by atoms with van der Waals surface area (Å²) in [4.78, 5) is 26.3. The van der Waals surface area contributed by atoms with Gasteiger partial charge in [-0.3, -0.25) is 9.59 Å². The van der Waals surface area contributed by atoms with Crippen LogP contribution in [0.2, 0.25) is 0 Å². The Balaban J connectivity index is 0.000000292. The van der Waals surface area contributed by atoms with Crippen LogP contribution in [0.15, 0.2) is 62.9 Å². The average molecular weight is 326 g/mol. The summed E-state index contributed by atoms with van der Waals surface area (Å²) in [5.41, 5.74) is 1.13. The van der Waals surface area contributed by atoms with Gasteiger partial charge >= 0.3 is 5.91 Å². The van der Waals surface area contributed by atoms with Crippen molar-refractivity contribution in [1.29, 1.82) is 0 Å². The largest absolute Gasteiger partial charge is 0.309 e. The Morgan fingerprint density at radius 2 is 1.83 bits per heavy atom. The highest BCUT2D eigenvalue weighted by Crippen LogP contribution is 2.13. The molecular formula is C16H18N6O2. The molecule has 0 spiro atoms. The summed E-state index contributed by atoms with van der Waals surface area (Å²) in [5.74, 6) is -0.447. The monoisotopic (exact) mass is 326 g/mol. The molecule has 0 bridgehead atoms. The molecule has 1 aromatic carbocycles. The van der Waals surface area contributed by atoms with Gasteiger partial charge < -0.3 is 0 Å². The number of benzene rings is 1. The lowest BCUT2D eigenvalue weighted by molar-refractivity contribution is -0.139. The summed E-state index contributed by atoms with van der Waals surface area (Å²) >= 11 is 0. The van der Waals surface area contributed by atoms with Crippen molar-refractivity contribution in [1.82, 2.24) is 10.1 Å². The number of amides is 2. The first-order valence-electron chi connectivity index (χ1n) is 7.54. The molecule has 124 valence electrons. The maximum Gasteiger partial charge on any atom is 0.309 e. The Bertz CT molecular complexity index is 691. The van der Waals surface area contributed by atoms with Crippen molar-refractivity contribution >= 4 is 29.4 Å². The summed E-state index contributed by atoms with van der Waals surface area (Å²) < 4.78 is 0. The number of carbonyl (C=O) groups is 2. The first kappa shape index (κ1) is 17.4. The molecule has 2 aliphatic rings. The van der Waals surface area contributed by atoms with Gasteiger partial charge in [0.2, 0.25) is 0 Å². The number of carbonyl (C=O) groups excluding carboxylic acids is 2. The molecule has 0 atom stereocenters. The summed E-state index contributed by atoms with van der Waals surface area (Å²) in [7, 11) is 0. The van der Waals surface area contributed by atoms with Gasteiger partial charge in [0, 0.05) is 19.2 Å². The Labute approximate surface area is 139 Å². The fourth-order valence-corrected chi connectivity index (χ4v) is 1.95. The van der Waals surface area contributed by atoms with Gasteiger partial charge in [-0.2, -0.15) is 20.3 Å². The van der Waals surface area contributed by atoms with Crippen LogP contribution in [0.1, 0.15) is 13.8 Å². The molecule has 3 rings (SSSR count). The number of para-hydroxylation sites is 1. The van der Waals surface area contributed by atoms with Crippen LogP contribution in [0, 0.1) is 0 Å². The van der Waals surface area contributed by atoms with Gasteiger partial charge in [-0.15, -0.1) is 5.11 Å². The minimum absolute atomic E-state index is 0.178. The molecule has 0 saturated heterocycles. The van der Waals surface area contributed by atoms with E-state index in [1.165, 1.54) is 23.6 Å². The van der Waals surface area contributed by atoms with Crippen LogP contribution in [-0.4, -0.2) is 47.0 Å². The fourth-order valence-electron chi connectivity index (χ4n) is 1.95. The molecule has 0 radical (unpaired) electrons. The lowest BCUT2D eigenvalue weighted by atomic mass is 10.3. The van der Waals surface area contributed by atoms with E-state index >= 15 is 0 Å². The Hall–Kier alpha value is -3.00. The van der Waals surface area contributed by atoms with Crippen molar-refractivity contribution in [3.8, 4) is 0 Å². The Morgan fingerprint density at radius 3 is 2.33 bits per heavy atom. The van der Waals surface area contributed by atoms with Crippen LogP contribution in [0.4, 0.5) is 5.69 Å². The molecule has 2 heterocycles. The number of nitrogens with zero attached hydrogens (tertiary/aromatic N) is 6. The van der Waals surface area contributed by atoms with E-state index in [4.69, 9.17) is 0 Å². The summed E-state index contributed by atoms with van der Waals surface area (Å²) in [5, 5.41) is 13.7. The molecule has 0 unspecified atom stereocenters. The van der Waals surface area contributed by atoms with Gasteiger partial charge in [-0.05, 0) is 12.1 Å². The topological polar surface area (TPSA) is 90.1 Å². The van der Waals surface area contributed by atoms with E-state index in [0.29, 0.717) is 5.71 Å². The van der Waals surface area contributed by atoms with Gasteiger partial charge in [0.25, 0.3) is 5.91 Å². The summed E-state index contributed by atoms with van der Waals surface area (Å²) in [6.45, 7) is 5.44. The van der Waals surface area contributed by atoms with Gasteiger partial charge in [-0.25, -0.2) is 4.99 Å². The minimum atomic E-state index is -0.269. The fraction of sp³-hybridized carbons (Fsp3) is 0.250. The molecule has 24 heavy (non-hydrogen) atoms. The maximum absolute atomic E-state index is 12.1. The molecule has 2 aliphatic heterocycles. The lowest BCUT2D eigenvalue weighted by Gasteiger charge is -2.25. The number of hydrogen-bond acceptors (Lipinski definition) is 6. The molecular weight excluding hydrogens is 308 g/mol. The van der Waals surface area contributed by atoms with Gasteiger partial charge in [0.1, 0.15) is 0 Å². The zero-order chi connectivity index (χ0) is 17.4. The minimum Gasteiger partial charge on any atom is -0.266 e. The molecule has 0 fully saturated rings. The first-order chi connectivity index (χ1) is 11.7. The van der Waals surface area contributed by atoms with E-state index in [1.54, 1.807) is 0 Å². The normalized spacial score (nSPS) is 17.1. The van der Waals surface area contributed by atoms with Gasteiger partial charge in [0.15, 0.2) is 5.71 Å². The first-order valence-corrected chi connectivity index (χ1v) is 7.54. The second-order valence-electron chi connectivity index (χ2n) is 4.68. The molecule has 8 heteroatoms. The van der Waals surface area contributed by atoms with E-state index in [2.05, 4.69) is 20.3 Å². The van der Waals surface area contributed by atoms with E-state index in [-0.39, 0.29) is 11.8 Å². The predicted octanol–water partition coefficient (Wildman–Crippen LogP) is 2.34. The van der Waals surface area contributed by atoms with Crippen LogP contribution in [0.25, 0.3) is 0 Å². The number of hydrogen-bond donors (Lipinski definition) is 0. The van der Waals surface area contributed by atoms with Crippen LogP contribution < -0.4 is 0 Å². The standard InChI is InChI=1S/C13H16N4O.C3H2N2O/c1-3-16(4-2)17-13(18)12(10-14-17)15-11-8-6-5-7-9-11;6-3-1-2-4-5-3/h5-10H,3-4H2,1-2H3;1-2H. The third-order valence-electron chi connectivity index (χ3n) is 3.13. The van der Waals surface area contributed by atoms with Crippen molar-refractivity contribution in [3.63, 3.8) is 0 Å². The predicted molar refractivity (Wildman–Crippen MR) is 90.8 cm³/mol. The summed E-state index contributed by atoms with van der Waals surface area (Å²) in [6.07, 6.45) is 4.18. The smallest absolute Gasteiger partial charge is 0.266 e. The molecule has 2 amide bonds. The third-order valence-corrected chi connectivity index (χ3v) is 3.13. The summed E-state index contributed by atoms with van der Waals surface area (Å²) in [6, 6.07) is 9.40. The third kappa shape index (κ3) is 4.50. The molecule has 0 N–H and O–H groups in total. The second kappa shape index (κ2) is 8.59. The van der Waals surface area contributed by atoms with E-state index < -0.39 is 0 Å². The van der Waals surface area contributed by atoms with Gasteiger partial charge in [-0.1, -0.05) is 32.0 Å². The molecule has 0 aliphatic carbocycles. The van der Waals surface area contributed by atoms with Crippen molar-refractivity contribution in [2.75, 3.05) is 13.1 Å². The zero-order valence-corrected chi connectivity index (χ0v) is 13.5. The van der Waals surface area contributed by atoms with Crippen LogP contribution in [0.3, 0.4) is 0 Å². The number of azo groups is 1. The highest BCUT2D eigenvalue weighted by Gasteiger charge is 2.27. The molecule has 0 aromatic heterocycles. The number of hydrazine groups is 1. The Kier molecular flexibility index (Phi) is 6.21. The Morgan fingerprint density at radius 1 is 1.12 bits per heavy atom. The maximum atomic E-state index is 12.1. The number of rotatable bonds is 4. The second-order valence-corrected chi connectivity index (χ2v) is 4.68. The van der Waals surface area contributed by atoms with E-state index in [0.717, 1.165) is 18.8 Å².